The van der Waals surface area contributed by atoms with Crippen molar-refractivity contribution in [3.63, 3.8) is 0 Å². The Morgan fingerprint density at radius 1 is 1.56 bits per heavy atom. The molecule has 0 aliphatic heterocycles. The summed E-state index contributed by atoms with van der Waals surface area (Å²) in [6.45, 7) is 5.66. The third-order valence-electron chi connectivity index (χ3n) is 2.13. The number of hydrogen-bond acceptors (Lipinski definition) is 4. The SMILES string of the molecule is CCc1cc(NC(C)CC(=O)O)nc(C)n1. The van der Waals surface area contributed by atoms with Crippen molar-refractivity contribution in [2.24, 2.45) is 0 Å². The molecular formula is C11H17N3O2. The zero-order valence-corrected chi connectivity index (χ0v) is 9.82. The van der Waals surface area contributed by atoms with Crippen molar-refractivity contribution in [2.45, 2.75) is 39.7 Å². The van der Waals surface area contributed by atoms with Crippen LogP contribution < -0.4 is 5.32 Å². The van der Waals surface area contributed by atoms with Crippen LogP contribution in [0.1, 0.15) is 31.8 Å². The van der Waals surface area contributed by atoms with Gasteiger partial charge in [-0.15, -0.1) is 0 Å². The molecule has 5 heteroatoms. The van der Waals surface area contributed by atoms with Gasteiger partial charge in [0.05, 0.1) is 6.42 Å². The van der Waals surface area contributed by atoms with Crippen molar-refractivity contribution in [3.05, 3.63) is 17.6 Å². The number of aryl methyl sites for hydroxylation is 2. The van der Waals surface area contributed by atoms with Crippen LogP contribution in [0.2, 0.25) is 0 Å². The van der Waals surface area contributed by atoms with Gasteiger partial charge in [0.15, 0.2) is 0 Å². The lowest BCUT2D eigenvalue weighted by Gasteiger charge is -2.13. The summed E-state index contributed by atoms with van der Waals surface area (Å²) in [6.07, 6.45) is 0.913. The summed E-state index contributed by atoms with van der Waals surface area (Å²) in [5.74, 6) is 0.573. The van der Waals surface area contributed by atoms with Crippen LogP contribution in [-0.2, 0) is 11.2 Å². The lowest BCUT2D eigenvalue weighted by atomic mass is 10.2. The minimum atomic E-state index is -0.818. The quantitative estimate of drug-likeness (QED) is 0.793. The number of aliphatic carboxylic acids is 1. The Hall–Kier alpha value is -1.65. The van der Waals surface area contributed by atoms with Crippen molar-refractivity contribution < 1.29 is 9.90 Å². The number of carboxylic acid groups (broad SMARTS) is 1. The van der Waals surface area contributed by atoms with E-state index in [9.17, 15) is 4.79 Å². The number of hydrogen-bond donors (Lipinski definition) is 2. The van der Waals surface area contributed by atoms with Crippen LogP contribution in [0.25, 0.3) is 0 Å². The zero-order chi connectivity index (χ0) is 12.1. The summed E-state index contributed by atoms with van der Waals surface area (Å²) in [7, 11) is 0. The third kappa shape index (κ3) is 3.84. The molecule has 88 valence electrons. The van der Waals surface area contributed by atoms with E-state index in [1.807, 2.05) is 26.8 Å². The summed E-state index contributed by atoms with van der Waals surface area (Å²) in [5.41, 5.74) is 0.956. The van der Waals surface area contributed by atoms with E-state index in [0.29, 0.717) is 11.6 Å². The molecule has 0 aromatic carbocycles. The van der Waals surface area contributed by atoms with E-state index in [4.69, 9.17) is 5.11 Å². The number of anilines is 1. The number of carboxylic acids is 1. The average molecular weight is 223 g/mol. The van der Waals surface area contributed by atoms with Crippen LogP contribution >= 0.6 is 0 Å². The van der Waals surface area contributed by atoms with Crippen LogP contribution in [0.5, 0.6) is 0 Å². The summed E-state index contributed by atoms with van der Waals surface area (Å²) in [4.78, 5) is 19.0. The van der Waals surface area contributed by atoms with Gasteiger partial charge >= 0.3 is 5.97 Å². The van der Waals surface area contributed by atoms with Gasteiger partial charge < -0.3 is 10.4 Å². The zero-order valence-electron chi connectivity index (χ0n) is 9.82. The molecule has 1 unspecified atom stereocenters. The maximum atomic E-state index is 10.5. The first kappa shape index (κ1) is 12.4. The molecule has 0 spiro atoms. The molecule has 0 saturated carbocycles. The molecule has 0 bridgehead atoms. The molecule has 0 radical (unpaired) electrons. The lowest BCUT2D eigenvalue weighted by Crippen LogP contribution is -2.20. The summed E-state index contributed by atoms with van der Waals surface area (Å²) in [6, 6.07) is 1.71. The van der Waals surface area contributed by atoms with Gasteiger partial charge in [0.1, 0.15) is 11.6 Å². The Kier molecular flexibility index (Phi) is 4.22. The summed E-state index contributed by atoms with van der Waals surface area (Å²) >= 11 is 0. The van der Waals surface area contributed by atoms with Gasteiger partial charge in [-0.1, -0.05) is 6.92 Å². The number of nitrogens with one attached hydrogen (secondary N) is 1. The topological polar surface area (TPSA) is 75.1 Å². The van der Waals surface area contributed by atoms with E-state index in [1.54, 1.807) is 0 Å². The minimum absolute atomic E-state index is 0.0739. The van der Waals surface area contributed by atoms with Crippen LogP contribution in [0.15, 0.2) is 6.07 Å². The molecule has 2 N–H and O–H groups in total. The highest BCUT2D eigenvalue weighted by atomic mass is 16.4. The molecule has 1 atom stereocenters. The van der Waals surface area contributed by atoms with Gasteiger partial charge in [0.25, 0.3) is 0 Å². The van der Waals surface area contributed by atoms with Crippen LogP contribution in [0, 0.1) is 6.92 Å². The van der Waals surface area contributed by atoms with E-state index in [-0.39, 0.29) is 12.5 Å². The van der Waals surface area contributed by atoms with Crippen molar-refractivity contribution in [1.82, 2.24) is 9.97 Å². The van der Waals surface area contributed by atoms with Crippen molar-refractivity contribution in [1.29, 1.82) is 0 Å². The first-order valence-corrected chi connectivity index (χ1v) is 5.34. The molecular weight excluding hydrogens is 206 g/mol. The molecule has 0 aliphatic rings. The lowest BCUT2D eigenvalue weighted by molar-refractivity contribution is -0.137. The second-order valence-electron chi connectivity index (χ2n) is 3.79. The van der Waals surface area contributed by atoms with E-state index in [1.165, 1.54) is 0 Å². The standard InChI is InChI=1S/C11H17N3O2/c1-4-9-6-10(14-8(3)13-9)12-7(2)5-11(15)16/h6-7H,4-5H2,1-3H3,(H,15,16)(H,12,13,14). The van der Waals surface area contributed by atoms with Gasteiger partial charge in [-0.05, 0) is 20.3 Å². The second kappa shape index (κ2) is 5.44. The van der Waals surface area contributed by atoms with Gasteiger partial charge in [-0.3, -0.25) is 4.79 Å². The molecule has 1 heterocycles. The monoisotopic (exact) mass is 223 g/mol. The van der Waals surface area contributed by atoms with E-state index >= 15 is 0 Å². The summed E-state index contributed by atoms with van der Waals surface area (Å²) in [5, 5.41) is 11.7. The first-order valence-electron chi connectivity index (χ1n) is 5.34. The number of nitrogens with zero attached hydrogens (tertiary/aromatic N) is 2. The van der Waals surface area contributed by atoms with Crippen molar-refractivity contribution in [3.8, 4) is 0 Å². The highest BCUT2D eigenvalue weighted by Gasteiger charge is 2.08. The molecule has 0 amide bonds. The maximum absolute atomic E-state index is 10.5. The normalized spacial score (nSPS) is 12.2. The molecule has 1 aromatic rings. The van der Waals surface area contributed by atoms with Crippen LogP contribution in [0.4, 0.5) is 5.82 Å². The van der Waals surface area contributed by atoms with Crippen molar-refractivity contribution >= 4 is 11.8 Å². The largest absolute Gasteiger partial charge is 0.481 e. The Balaban J connectivity index is 2.72. The van der Waals surface area contributed by atoms with Gasteiger partial charge in [-0.25, -0.2) is 9.97 Å². The average Bonchev–Trinajstić information content (AvgIpc) is 2.14. The predicted molar refractivity (Wildman–Crippen MR) is 61.5 cm³/mol. The van der Waals surface area contributed by atoms with E-state index in [2.05, 4.69) is 15.3 Å². The molecule has 1 aromatic heterocycles. The van der Waals surface area contributed by atoms with Crippen LogP contribution in [0.3, 0.4) is 0 Å². The Morgan fingerprint density at radius 2 is 2.25 bits per heavy atom. The smallest absolute Gasteiger partial charge is 0.305 e. The first-order chi connectivity index (χ1) is 7.51. The predicted octanol–water partition coefficient (Wildman–Crippen LogP) is 1.62. The number of carbonyl (C=O) groups is 1. The number of rotatable bonds is 5. The maximum Gasteiger partial charge on any atom is 0.305 e. The fourth-order valence-corrected chi connectivity index (χ4v) is 1.45. The Morgan fingerprint density at radius 3 is 2.81 bits per heavy atom. The fraction of sp³-hybridized carbons (Fsp3) is 0.545. The molecule has 0 aliphatic carbocycles. The summed E-state index contributed by atoms with van der Waals surface area (Å²) < 4.78 is 0. The molecule has 5 nitrogen and oxygen atoms in total. The highest BCUT2D eigenvalue weighted by Crippen LogP contribution is 2.09. The Labute approximate surface area is 94.9 Å². The minimum Gasteiger partial charge on any atom is -0.481 e. The highest BCUT2D eigenvalue weighted by molar-refractivity contribution is 5.68. The van der Waals surface area contributed by atoms with Gasteiger partial charge in [0, 0.05) is 17.8 Å². The molecule has 1 rings (SSSR count). The van der Waals surface area contributed by atoms with Gasteiger partial charge in [-0.2, -0.15) is 0 Å². The second-order valence-corrected chi connectivity index (χ2v) is 3.79. The van der Waals surface area contributed by atoms with E-state index < -0.39 is 5.97 Å². The fourth-order valence-electron chi connectivity index (χ4n) is 1.45. The Bertz CT molecular complexity index is 379. The third-order valence-corrected chi connectivity index (χ3v) is 2.13. The van der Waals surface area contributed by atoms with E-state index in [0.717, 1.165) is 12.1 Å². The molecule has 16 heavy (non-hydrogen) atoms. The molecule has 0 fully saturated rings. The molecule has 0 saturated heterocycles. The van der Waals surface area contributed by atoms with Gasteiger partial charge in [0.2, 0.25) is 0 Å². The number of aromatic nitrogens is 2. The van der Waals surface area contributed by atoms with Crippen molar-refractivity contribution in [2.75, 3.05) is 5.32 Å². The van der Waals surface area contributed by atoms with Crippen LogP contribution in [-0.4, -0.2) is 27.1 Å².